The molecular formula is C17H18N4OS. The fourth-order valence-electron chi connectivity index (χ4n) is 2.49. The number of aromatic nitrogens is 3. The number of aromatic amines is 1. The highest BCUT2D eigenvalue weighted by molar-refractivity contribution is 7.71. The maximum atomic E-state index is 5.48. The summed E-state index contributed by atoms with van der Waals surface area (Å²) in [4.78, 5) is 0. The second-order valence-electron chi connectivity index (χ2n) is 5.50. The van der Waals surface area contributed by atoms with E-state index in [0.29, 0.717) is 4.77 Å². The molecule has 1 heterocycles. The Hall–Kier alpha value is -2.47. The summed E-state index contributed by atoms with van der Waals surface area (Å²) in [6.45, 7) is 4.10. The smallest absolute Gasteiger partial charge is 0.216 e. The van der Waals surface area contributed by atoms with Crippen LogP contribution < -0.4 is 4.74 Å². The Labute approximate surface area is 139 Å². The summed E-state index contributed by atoms with van der Waals surface area (Å²) in [5, 5.41) is 13.8. The van der Waals surface area contributed by atoms with Gasteiger partial charge >= 0.3 is 0 Å². The van der Waals surface area contributed by atoms with Gasteiger partial charge in [0.15, 0.2) is 5.82 Å². The number of nitrogens with zero attached hydrogens (tertiary/aromatic N) is 3. The van der Waals surface area contributed by atoms with Crippen molar-refractivity contribution in [2.75, 3.05) is 7.11 Å². The van der Waals surface area contributed by atoms with Crippen LogP contribution in [0.5, 0.6) is 5.75 Å². The molecule has 3 aromatic rings. The molecule has 0 radical (unpaired) electrons. The molecule has 1 N–H and O–H groups in total. The first-order chi connectivity index (χ1) is 11.1. The van der Waals surface area contributed by atoms with Gasteiger partial charge in [0.1, 0.15) is 5.75 Å². The summed E-state index contributed by atoms with van der Waals surface area (Å²) in [6, 6.07) is 12.1. The zero-order chi connectivity index (χ0) is 16.4. The zero-order valence-corrected chi connectivity index (χ0v) is 14.1. The average Bonchev–Trinajstić information content (AvgIpc) is 2.93. The Balaban J connectivity index is 2.15. The van der Waals surface area contributed by atoms with Crippen molar-refractivity contribution in [3.05, 3.63) is 52.6 Å². The van der Waals surface area contributed by atoms with Gasteiger partial charge in [0.25, 0.3) is 0 Å². The van der Waals surface area contributed by atoms with Crippen molar-refractivity contribution in [3.8, 4) is 5.75 Å². The van der Waals surface area contributed by atoms with Crippen LogP contribution in [0.3, 0.4) is 0 Å². The lowest BCUT2D eigenvalue weighted by molar-refractivity contribution is 0.415. The maximum absolute atomic E-state index is 5.48. The molecule has 3 rings (SSSR count). The van der Waals surface area contributed by atoms with Crippen LogP contribution in [0, 0.1) is 4.77 Å². The highest BCUT2D eigenvalue weighted by atomic mass is 32.1. The highest BCUT2D eigenvalue weighted by Gasteiger charge is 2.10. The number of hydrogen-bond acceptors (Lipinski definition) is 4. The first kappa shape index (κ1) is 15.4. The summed E-state index contributed by atoms with van der Waals surface area (Å²) in [7, 11) is 1.66. The monoisotopic (exact) mass is 326 g/mol. The predicted molar refractivity (Wildman–Crippen MR) is 95.0 cm³/mol. The van der Waals surface area contributed by atoms with Crippen molar-refractivity contribution in [1.29, 1.82) is 0 Å². The third kappa shape index (κ3) is 2.90. The molecule has 1 aromatic heterocycles. The van der Waals surface area contributed by atoms with Gasteiger partial charge in [-0.15, -0.1) is 0 Å². The fourth-order valence-corrected chi connectivity index (χ4v) is 2.68. The summed E-state index contributed by atoms with van der Waals surface area (Å²) >= 11 is 5.26. The minimum Gasteiger partial charge on any atom is -0.496 e. The Morgan fingerprint density at radius 3 is 2.78 bits per heavy atom. The molecule has 2 aromatic carbocycles. The first-order valence-corrected chi connectivity index (χ1v) is 7.80. The van der Waals surface area contributed by atoms with Crippen LogP contribution in [-0.2, 0) is 0 Å². The SMILES string of the molecule is COc1ccc2ccccc2c1/C=N\n1c(C(C)C)n[nH]c1=S. The topological polar surface area (TPSA) is 55.2 Å². The molecule has 0 saturated carbocycles. The van der Waals surface area contributed by atoms with Crippen LogP contribution in [0.15, 0.2) is 41.5 Å². The predicted octanol–water partition coefficient (Wildman–Crippen LogP) is 4.11. The molecule has 0 amide bonds. The van der Waals surface area contributed by atoms with Crippen molar-refractivity contribution in [1.82, 2.24) is 14.9 Å². The van der Waals surface area contributed by atoms with E-state index < -0.39 is 0 Å². The zero-order valence-electron chi connectivity index (χ0n) is 13.3. The summed E-state index contributed by atoms with van der Waals surface area (Å²) in [5.74, 6) is 1.79. The number of hydrogen-bond donors (Lipinski definition) is 1. The molecule has 0 fully saturated rings. The third-order valence-electron chi connectivity index (χ3n) is 3.64. The molecule has 6 heteroatoms. The van der Waals surface area contributed by atoms with Crippen molar-refractivity contribution < 1.29 is 4.74 Å². The average molecular weight is 326 g/mol. The van der Waals surface area contributed by atoms with E-state index in [-0.39, 0.29) is 5.92 Å². The van der Waals surface area contributed by atoms with E-state index in [4.69, 9.17) is 17.0 Å². The number of ether oxygens (including phenoxy) is 1. The van der Waals surface area contributed by atoms with Crippen LogP contribution in [0.1, 0.15) is 31.2 Å². The van der Waals surface area contributed by atoms with Gasteiger partial charge in [-0.05, 0) is 29.1 Å². The standard InChI is InChI=1S/C17H18N4OS/c1-11(2)16-19-20-17(23)21(16)18-10-14-13-7-5-4-6-12(13)8-9-15(14)22-3/h4-11H,1-3H3,(H,20,23)/b18-10-. The molecule has 0 saturated heterocycles. The number of nitrogens with one attached hydrogen (secondary N) is 1. The Kier molecular flexibility index (Phi) is 4.25. The number of benzene rings is 2. The Morgan fingerprint density at radius 1 is 1.26 bits per heavy atom. The lowest BCUT2D eigenvalue weighted by Crippen LogP contribution is -2.01. The van der Waals surface area contributed by atoms with E-state index in [9.17, 15) is 0 Å². The molecular weight excluding hydrogens is 308 g/mol. The van der Waals surface area contributed by atoms with Crippen LogP contribution in [0.4, 0.5) is 0 Å². The van der Waals surface area contributed by atoms with E-state index in [1.165, 1.54) is 0 Å². The quantitative estimate of drug-likeness (QED) is 0.580. The number of H-pyrrole nitrogens is 1. The molecule has 5 nitrogen and oxygen atoms in total. The van der Waals surface area contributed by atoms with E-state index in [2.05, 4.69) is 41.3 Å². The Morgan fingerprint density at radius 2 is 2.04 bits per heavy atom. The van der Waals surface area contributed by atoms with Crippen LogP contribution in [0.2, 0.25) is 0 Å². The van der Waals surface area contributed by atoms with Gasteiger partial charge in [0.05, 0.1) is 13.3 Å². The van der Waals surface area contributed by atoms with Gasteiger partial charge < -0.3 is 4.74 Å². The molecule has 0 unspecified atom stereocenters. The second-order valence-corrected chi connectivity index (χ2v) is 5.89. The molecule has 0 aliphatic rings. The lowest BCUT2D eigenvalue weighted by atomic mass is 10.0. The van der Waals surface area contributed by atoms with E-state index in [1.807, 2.05) is 24.3 Å². The van der Waals surface area contributed by atoms with E-state index >= 15 is 0 Å². The number of rotatable bonds is 4. The molecule has 0 aliphatic heterocycles. The first-order valence-electron chi connectivity index (χ1n) is 7.39. The summed E-state index contributed by atoms with van der Waals surface area (Å²) < 4.78 is 7.61. The molecule has 0 aliphatic carbocycles. The van der Waals surface area contributed by atoms with Crippen molar-refractivity contribution in [3.63, 3.8) is 0 Å². The largest absolute Gasteiger partial charge is 0.496 e. The van der Waals surface area contributed by atoms with Gasteiger partial charge in [0.2, 0.25) is 4.77 Å². The third-order valence-corrected chi connectivity index (χ3v) is 3.91. The fraction of sp³-hybridized carbons (Fsp3) is 0.235. The van der Waals surface area contributed by atoms with Crippen molar-refractivity contribution in [2.24, 2.45) is 5.10 Å². The van der Waals surface area contributed by atoms with Crippen molar-refractivity contribution in [2.45, 2.75) is 19.8 Å². The summed E-state index contributed by atoms with van der Waals surface area (Å²) in [6.07, 6.45) is 1.78. The van der Waals surface area contributed by atoms with Crippen molar-refractivity contribution >= 4 is 29.2 Å². The van der Waals surface area contributed by atoms with Crippen LogP contribution in [0.25, 0.3) is 10.8 Å². The van der Waals surface area contributed by atoms with Gasteiger partial charge in [0, 0.05) is 11.5 Å². The molecule has 0 atom stereocenters. The molecule has 23 heavy (non-hydrogen) atoms. The van der Waals surface area contributed by atoms with Gasteiger partial charge in [-0.3, -0.25) is 5.10 Å². The van der Waals surface area contributed by atoms with E-state index in [0.717, 1.165) is 27.9 Å². The van der Waals surface area contributed by atoms with Crippen LogP contribution in [-0.4, -0.2) is 28.2 Å². The van der Waals surface area contributed by atoms with Gasteiger partial charge in [-0.1, -0.05) is 44.2 Å². The van der Waals surface area contributed by atoms with Gasteiger partial charge in [-0.25, -0.2) is 0 Å². The van der Waals surface area contributed by atoms with Crippen LogP contribution >= 0.6 is 12.2 Å². The Bertz CT molecular complexity index is 924. The van der Waals surface area contributed by atoms with Gasteiger partial charge in [-0.2, -0.15) is 14.9 Å². The minimum absolute atomic E-state index is 0.217. The maximum Gasteiger partial charge on any atom is 0.216 e. The normalized spacial score (nSPS) is 11.7. The summed E-state index contributed by atoms with van der Waals surface area (Å²) in [5.41, 5.74) is 0.920. The lowest BCUT2D eigenvalue weighted by Gasteiger charge is -2.09. The van der Waals surface area contributed by atoms with E-state index in [1.54, 1.807) is 18.0 Å². The number of fused-ring (bicyclic) bond motifs is 1. The minimum atomic E-state index is 0.217. The second kappa shape index (κ2) is 6.34. The number of methoxy groups -OCH3 is 1. The molecule has 0 bridgehead atoms. The molecule has 0 spiro atoms. The highest BCUT2D eigenvalue weighted by Crippen LogP contribution is 2.26. The molecule has 118 valence electrons.